The van der Waals surface area contributed by atoms with Gasteiger partial charge in [-0.15, -0.1) is 11.3 Å². The van der Waals surface area contributed by atoms with E-state index in [0.717, 1.165) is 11.1 Å². The quantitative estimate of drug-likeness (QED) is 0.857. The zero-order valence-corrected chi connectivity index (χ0v) is 13.6. The molecule has 2 rings (SSSR count). The molecule has 0 bridgehead atoms. The van der Waals surface area contributed by atoms with Crippen LogP contribution in [0.3, 0.4) is 0 Å². The molecule has 22 heavy (non-hydrogen) atoms. The fourth-order valence-corrected chi connectivity index (χ4v) is 2.76. The number of esters is 1. The van der Waals surface area contributed by atoms with Gasteiger partial charge in [0, 0.05) is 10.2 Å². The lowest BCUT2D eigenvalue weighted by atomic mass is 10.0. The van der Waals surface area contributed by atoms with Crippen LogP contribution >= 0.6 is 11.3 Å². The zero-order chi connectivity index (χ0) is 16.3. The zero-order valence-electron chi connectivity index (χ0n) is 12.7. The Balaban J connectivity index is 1.98. The summed E-state index contributed by atoms with van der Waals surface area (Å²) in [6.45, 7) is 5.42. The molecule has 0 saturated carbocycles. The van der Waals surface area contributed by atoms with Crippen LogP contribution in [0, 0.1) is 5.82 Å². The van der Waals surface area contributed by atoms with Gasteiger partial charge in [-0.25, -0.2) is 9.18 Å². The van der Waals surface area contributed by atoms with E-state index < -0.39 is 5.97 Å². The molecule has 1 N–H and O–H groups in total. The molecule has 0 aliphatic rings. The molecular weight excluding hydrogens is 305 g/mol. The molecule has 1 aromatic heterocycles. The normalized spacial score (nSPS) is 11.5. The van der Waals surface area contributed by atoms with E-state index in [0.29, 0.717) is 10.3 Å². The van der Waals surface area contributed by atoms with Crippen LogP contribution in [0.15, 0.2) is 24.3 Å². The molecule has 4 nitrogen and oxygen atoms in total. The Bertz CT molecular complexity index is 708. The number of benzene rings is 1. The summed E-state index contributed by atoms with van der Waals surface area (Å²) in [5.74, 6) is -1.27. The molecule has 0 radical (unpaired) electrons. The van der Waals surface area contributed by atoms with E-state index in [1.165, 1.54) is 23.5 Å². The number of hydrogen-bond acceptors (Lipinski definition) is 4. The fraction of sp³-hybridized carbons (Fsp3) is 0.375. The number of rotatable bonds is 5. The topological polar surface area (TPSA) is 55.4 Å². The van der Waals surface area contributed by atoms with E-state index in [1.807, 2.05) is 20.8 Å². The van der Waals surface area contributed by atoms with E-state index in [2.05, 4.69) is 5.32 Å². The molecule has 6 heteroatoms. The van der Waals surface area contributed by atoms with Gasteiger partial charge in [0.15, 0.2) is 6.61 Å². The van der Waals surface area contributed by atoms with Crippen molar-refractivity contribution >= 4 is 33.3 Å². The summed E-state index contributed by atoms with van der Waals surface area (Å²) in [6, 6.07) is 5.88. The van der Waals surface area contributed by atoms with Crippen molar-refractivity contribution in [3.63, 3.8) is 0 Å². The maximum Gasteiger partial charge on any atom is 0.348 e. The molecule has 0 spiro atoms. The standard InChI is InChI=1S/C16H18FNO3S/c1-4-16(2,3)18-14(19)9-21-15(20)13-8-10-7-11(17)5-6-12(10)22-13/h5-8H,4,9H2,1-3H3,(H,18,19). The van der Waals surface area contributed by atoms with Gasteiger partial charge >= 0.3 is 5.97 Å². The minimum atomic E-state index is -0.578. The summed E-state index contributed by atoms with van der Waals surface area (Å²) in [4.78, 5) is 24.0. The number of thiophene rings is 1. The Morgan fingerprint density at radius 3 is 2.73 bits per heavy atom. The van der Waals surface area contributed by atoms with Crippen LogP contribution < -0.4 is 5.32 Å². The molecule has 0 fully saturated rings. The number of fused-ring (bicyclic) bond motifs is 1. The summed E-state index contributed by atoms with van der Waals surface area (Å²) >= 11 is 1.21. The van der Waals surface area contributed by atoms with E-state index >= 15 is 0 Å². The van der Waals surface area contributed by atoms with Crippen molar-refractivity contribution in [3.05, 3.63) is 35.0 Å². The molecule has 0 atom stereocenters. The summed E-state index contributed by atoms with van der Waals surface area (Å²) in [5, 5.41) is 3.43. The fourth-order valence-electron chi connectivity index (χ4n) is 1.82. The van der Waals surface area contributed by atoms with Gasteiger partial charge in [0.05, 0.1) is 0 Å². The van der Waals surface area contributed by atoms with Crippen molar-refractivity contribution in [2.45, 2.75) is 32.7 Å². The third kappa shape index (κ3) is 4.04. The molecule has 1 amide bonds. The van der Waals surface area contributed by atoms with Crippen molar-refractivity contribution < 1.29 is 18.7 Å². The van der Waals surface area contributed by atoms with Gasteiger partial charge in [-0.1, -0.05) is 6.92 Å². The van der Waals surface area contributed by atoms with Crippen LogP contribution in [0.2, 0.25) is 0 Å². The van der Waals surface area contributed by atoms with Crippen molar-refractivity contribution in [2.75, 3.05) is 6.61 Å². The number of nitrogens with one attached hydrogen (secondary N) is 1. The average molecular weight is 323 g/mol. The second-order valence-corrected chi connectivity index (χ2v) is 6.74. The second-order valence-electron chi connectivity index (χ2n) is 5.65. The molecule has 0 unspecified atom stereocenters. The van der Waals surface area contributed by atoms with Gasteiger partial charge in [0.1, 0.15) is 10.7 Å². The monoisotopic (exact) mass is 323 g/mol. The summed E-state index contributed by atoms with van der Waals surface area (Å²) < 4.78 is 18.9. The number of halogens is 1. The van der Waals surface area contributed by atoms with Gasteiger partial charge in [0.2, 0.25) is 0 Å². The van der Waals surface area contributed by atoms with Crippen LogP contribution in [-0.2, 0) is 9.53 Å². The van der Waals surface area contributed by atoms with Gasteiger partial charge < -0.3 is 10.1 Å². The minimum absolute atomic E-state index is 0.329. The Morgan fingerprint density at radius 1 is 1.32 bits per heavy atom. The Labute approximate surface area is 132 Å². The highest BCUT2D eigenvalue weighted by Crippen LogP contribution is 2.26. The van der Waals surface area contributed by atoms with Crippen molar-refractivity contribution in [1.82, 2.24) is 5.32 Å². The van der Waals surface area contributed by atoms with Gasteiger partial charge in [0.25, 0.3) is 5.91 Å². The van der Waals surface area contributed by atoms with Gasteiger partial charge in [-0.2, -0.15) is 0 Å². The maximum absolute atomic E-state index is 13.1. The third-order valence-corrected chi connectivity index (χ3v) is 4.47. The van der Waals surface area contributed by atoms with Crippen molar-refractivity contribution in [1.29, 1.82) is 0 Å². The van der Waals surface area contributed by atoms with Gasteiger partial charge in [-0.3, -0.25) is 4.79 Å². The first-order valence-corrected chi connectivity index (χ1v) is 7.79. The Kier molecular flexibility index (Phi) is 4.81. The first-order chi connectivity index (χ1) is 10.3. The van der Waals surface area contributed by atoms with E-state index in [9.17, 15) is 14.0 Å². The SMILES string of the molecule is CCC(C)(C)NC(=O)COC(=O)c1cc2cc(F)ccc2s1. The minimum Gasteiger partial charge on any atom is -0.451 e. The lowest BCUT2D eigenvalue weighted by Gasteiger charge is -2.24. The lowest BCUT2D eigenvalue weighted by Crippen LogP contribution is -2.44. The molecule has 2 aromatic rings. The number of carbonyl (C=O) groups is 2. The first kappa shape index (κ1) is 16.4. The molecule has 1 heterocycles. The summed E-state index contributed by atoms with van der Waals surface area (Å²) in [5.41, 5.74) is -0.335. The largest absolute Gasteiger partial charge is 0.451 e. The second kappa shape index (κ2) is 6.44. The van der Waals surface area contributed by atoms with Crippen LogP contribution in [0.25, 0.3) is 10.1 Å². The Morgan fingerprint density at radius 2 is 2.05 bits per heavy atom. The highest BCUT2D eigenvalue weighted by molar-refractivity contribution is 7.20. The lowest BCUT2D eigenvalue weighted by molar-refractivity contribution is -0.125. The smallest absolute Gasteiger partial charge is 0.348 e. The van der Waals surface area contributed by atoms with Gasteiger partial charge in [-0.05, 0) is 49.9 Å². The van der Waals surface area contributed by atoms with Crippen LogP contribution in [-0.4, -0.2) is 24.0 Å². The maximum atomic E-state index is 13.1. The van der Waals surface area contributed by atoms with E-state index in [-0.39, 0.29) is 23.9 Å². The summed E-state index contributed by atoms with van der Waals surface area (Å²) in [7, 11) is 0. The number of amides is 1. The number of carbonyl (C=O) groups excluding carboxylic acids is 2. The molecule has 118 valence electrons. The first-order valence-electron chi connectivity index (χ1n) is 6.98. The number of hydrogen-bond donors (Lipinski definition) is 1. The van der Waals surface area contributed by atoms with Crippen LogP contribution in [0.1, 0.15) is 36.9 Å². The predicted octanol–water partition coefficient (Wildman–Crippen LogP) is 3.50. The molecule has 0 aliphatic heterocycles. The molecule has 1 aromatic carbocycles. The van der Waals surface area contributed by atoms with Crippen molar-refractivity contribution in [2.24, 2.45) is 0 Å². The van der Waals surface area contributed by atoms with Crippen molar-refractivity contribution in [3.8, 4) is 0 Å². The van der Waals surface area contributed by atoms with E-state index in [1.54, 1.807) is 12.1 Å². The third-order valence-electron chi connectivity index (χ3n) is 3.38. The number of ether oxygens (including phenoxy) is 1. The van der Waals surface area contributed by atoms with Crippen LogP contribution in [0.4, 0.5) is 4.39 Å². The molecule has 0 saturated heterocycles. The Hall–Kier alpha value is -1.95. The molecular formula is C16H18FNO3S. The molecule has 0 aliphatic carbocycles. The summed E-state index contributed by atoms with van der Waals surface area (Å²) in [6.07, 6.45) is 0.772. The average Bonchev–Trinajstić information content (AvgIpc) is 2.87. The highest BCUT2D eigenvalue weighted by Gasteiger charge is 2.19. The highest BCUT2D eigenvalue weighted by atomic mass is 32.1. The van der Waals surface area contributed by atoms with Crippen LogP contribution in [0.5, 0.6) is 0 Å². The predicted molar refractivity (Wildman–Crippen MR) is 84.6 cm³/mol. The van der Waals surface area contributed by atoms with E-state index in [4.69, 9.17) is 4.74 Å².